The first kappa shape index (κ1) is 51.0. The molecule has 0 amide bonds. The number of aliphatic hydroxyl groups excluding tert-OH is 10. The van der Waals surface area contributed by atoms with E-state index in [2.05, 4.69) is 0 Å². The Morgan fingerprint density at radius 2 is 1.22 bits per heavy atom. The summed E-state index contributed by atoms with van der Waals surface area (Å²) < 4.78 is 56.0. The van der Waals surface area contributed by atoms with Crippen molar-refractivity contribution in [2.24, 2.45) is 0 Å². The molecule has 4 heterocycles. The highest BCUT2D eigenvalue weighted by atomic mass is 16.8. The molecule has 3 saturated heterocycles. The third kappa shape index (κ3) is 10.5. The van der Waals surface area contributed by atoms with Gasteiger partial charge in [-0.3, -0.25) is 4.79 Å². The Hall–Kier alpha value is -5.88. The topological polar surface area (TPSA) is 393 Å². The number of benzene rings is 3. The second kappa shape index (κ2) is 21.4. The van der Waals surface area contributed by atoms with Crippen LogP contribution in [0.3, 0.4) is 0 Å². The van der Waals surface area contributed by atoms with Crippen LogP contribution in [0.2, 0.25) is 0 Å². The predicted octanol–water partition coefficient (Wildman–Crippen LogP) is -2.96. The average molecular weight is 979 g/mol. The van der Waals surface area contributed by atoms with Crippen molar-refractivity contribution in [1.29, 1.82) is 0 Å². The molecule has 25 heteroatoms. The molecular formula is C44H50O25. The summed E-state index contributed by atoms with van der Waals surface area (Å²) in [6, 6.07) is 9.79. The molecule has 0 radical (unpaired) electrons. The number of hydrogen-bond donors (Lipinski definition) is 13. The van der Waals surface area contributed by atoms with E-state index in [1.807, 2.05) is 0 Å². The fourth-order valence-corrected chi connectivity index (χ4v) is 7.65. The first-order valence-corrected chi connectivity index (χ1v) is 20.9. The van der Waals surface area contributed by atoms with Gasteiger partial charge >= 0.3 is 5.97 Å². The smallest absolute Gasteiger partial charge is 0.330 e. The number of phenolic OH excluding ortho intramolecular Hbond substituents is 3. The SMILES string of the molecule is COc1cc(/C=C/C(=O)OC[C@H]2O[C@@H](O[C@H]3[C@H](Oc4c(-c5ccc(O)c(OC)c5)oc5cc(O[C@@H]6O[C@H](CO)[C@@H](O)[C@H](O)[C@H]6O)cc(O)c5c4=O)O[C@H](CO)[C@H](O)[C@@H]3O)[C@H](O)[C@@H](O)[C@@H]2O)ccc1O. The monoisotopic (exact) mass is 978 g/mol. The van der Waals surface area contributed by atoms with Gasteiger partial charge in [0, 0.05) is 23.8 Å². The van der Waals surface area contributed by atoms with E-state index < -0.39 is 152 Å². The Kier molecular flexibility index (Phi) is 15.8. The molecule has 1 aromatic heterocycles. The van der Waals surface area contributed by atoms with E-state index in [1.54, 1.807) is 0 Å². The zero-order valence-electron chi connectivity index (χ0n) is 36.3. The van der Waals surface area contributed by atoms with E-state index >= 15 is 0 Å². The third-order valence-electron chi connectivity index (χ3n) is 11.5. The van der Waals surface area contributed by atoms with Crippen molar-refractivity contribution < 1.29 is 118 Å². The molecule has 3 aliphatic heterocycles. The van der Waals surface area contributed by atoms with Crippen molar-refractivity contribution >= 4 is 23.0 Å². The Morgan fingerprint density at radius 1 is 0.638 bits per heavy atom. The minimum atomic E-state index is -2.11. The molecular weight excluding hydrogens is 928 g/mol. The minimum absolute atomic E-state index is 0.0517. The van der Waals surface area contributed by atoms with E-state index in [0.717, 1.165) is 24.3 Å². The summed E-state index contributed by atoms with van der Waals surface area (Å²) in [5.74, 6) is -3.95. The fraction of sp³-hybridized carbons (Fsp3) is 0.455. The summed E-state index contributed by atoms with van der Waals surface area (Å²) in [6.45, 7) is -2.48. The molecule has 0 aliphatic carbocycles. The molecule has 4 aromatic rings. The number of fused-ring (bicyclic) bond motifs is 1. The molecule has 0 saturated carbocycles. The number of aromatic hydroxyl groups is 3. The van der Waals surface area contributed by atoms with Gasteiger partial charge < -0.3 is 113 Å². The quantitative estimate of drug-likeness (QED) is 0.0418. The normalized spacial score (nSPS) is 31.6. The van der Waals surface area contributed by atoms with Crippen LogP contribution in [0.5, 0.6) is 40.2 Å². The third-order valence-corrected chi connectivity index (χ3v) is 11.5. The zero-order valence-corrected chi connectivity index (χ0v) is 36.3. The highest BCUT2D eigenvalue weighted by molar-refractivity contribution is 5.89. The maximum atomic E-state index is 14.6. The van der Waals surface area contributed by atoms with E-state index in [9.17, 15) is 76.0 Å². The van der Waals surface area contributed by atoms with Crippen molar-refractivity contribution in [2.75, 3.05) is 34.0 Å². The summed E-state index contributed by atoms with van der Waals surface area (Å²) in [7, 11) is 2.55. The van der Waals surface area contributed by atoms with Crippen molar-refractivity contribution in [3.05, 3.63) is 70.4 Å². The lowest BCUT2D eigenvalue weighted by Gasteiger charge is -2.45. The molecule has 0 spiro atoms. The van der Waals surface area contributed by atoms with Crippen molar-refractivity contribution in [1.82, 2.24) is 0 Å². The van der Waals surface area contributed by atoms with Crippen LogP contribution in [0.4, 0.5) is 0 Å². The predicted molar refractivity (Wildman–Crippen MR) is 227 cm³/mol. The van der Waals surface area contributed by atoms with E-state index in [-0.39, 0.29) is 34.3 Å². The molecule has 3 aromatic carbocycles. The Bertz CT molecular complexity index is 2530. The number of phenols is 3. The lowest BCUT2D eigenvalue weighted by Crippen LogP contribution is -2.65. The van der Waals surface area contributed by atoms with Gasteiger partial charge in [0.25, 0.3) is 0 Å². The van der Waals surface area contributed by atoms with Gasteiger partial charge in [-0.05, 0) is 42.0 Å². The lowest BCUT2D eigenvalue weighted by atomic mass is 9.97. The molecule has 69 heavy (non-hydrogen) atoms. The van der Waals surface area contributed by atoms with Crippen LogP contribution in [0.15, 0.2) is 63.8 Å². The van der Waals surface area contributed by atoms with Crippen molar-refractivity contribution in [3.8, 4) is 51.6 Å². The second-order valence-electron chi connectivity index (χ2n) is 15.9. The summed E-state index contributed by atoms with van der Waals surface area (Å²) in [5, 5.41) is 137. The largest absolute Gasteiger partial charge is 0.507 e. The fourth-order valence-electron chi connectivity index (χ4n) is 7.65. The first-order valence-electron chi connectivity index (χ1n) is 20.9. The van der Waals surface area contributed by atoms with Crippen LogP contribution >= 0.6 is 0 Å². The molecule has 25 nitrogen and oxygen atoms in total. The summed E-state index contributed by atoms with van der Waals surface area (Å²) >= 11 is 0. The number of carbonyl (C=O) groups excluding carboxylic acids is 1. The van der Waals surface area contributed by atoms with Crippen LogP contribution in [-0.2, 0) is 28.5 Å². The second-order valence-corrected chi connectivity index (χ2v) is 15.9. The van der Waals surface area contributed by atoms with Crippen LogP contribution in [0.25, 0.3) is 28.4 Å². The van der Waals surface area contributed by atoms with Crippen LogP contribution in [0, 0.1) is 0 Å². The summed E-state index contributed by atoms with van der Waals surface area (Å²) in [6.07, 6.45) is -25.8. The summed E-state index contributed by atoms with van der Waals surface area (Å²) in [5.41, 5.74) is -1.21. The highest BCUT2D eigenvalue weighted by Crippen LogP contribution is 2.41. The van der Waals surface area contributed by atoms with Crippen LogP contribution in [0.1, 0.15) is 5.56 Å². The number of rotatable bonds is 15. The minimum Gasteiger partial charge on any atom is -0.507 e. The molecule has 3 aliphatic rings. The molecule has 7 rings (SSSR count). The van der Waals surface area contributed by atoms with Gasteiger partial charge in [-0.2, -0.15) is 0 Å². The first-order chi connectivity index (χ1) is 32.9. The standard InChI is InChI=1S/C44H50O25/c1-60-22-9-16(3-6-19(22)47)4-8-28(50)62-15-27-32(53)35(56)38(59)43(67-27)69-41-36(57)31(52)26(14-46)66-44(41)68-40-33(54)29-21(49)11-18(63-42-37(58)34(55)30(51)25(13-45)65-42)12-24(29)64-39(40)17-5-7-20(48)23(10-17)61-2/h3-12,25-27,30-32,34-38,41-49,51-53,55-59H,13-15H2,1-2H3/b8-4+/t25-,26-,27-,30-,31+,32-,34+,35+,36+,37-,38-,41-,42-,43+,44+/m1/s1. The average Bonchev–Trinajstić information content (AvgIpc) is 3.33. The van der Waals surface area contributed by atoms with Gasteiger partial charge in [-0.25, -0.2) is 4.79 Å². The number of methoxy groups -OCH3 is 2. The molecule has 0 bridgehead atoms. The van der Waals surface area contributed by atoms with Crippen LogP contribution < -0.4 is 24.4 Å². The maximum Gasteiger partial charge on any atom is 0.330 e. The van der Waals surface area contributed by atoms with Gasteiger partial charge in [-0.1, -0.05) is 6.07 Å². The van der Waals surface area contributed by atoms with Gasteiger partial charge in [0.2, 0.25) is 23.8 Å². The Labute approximate surface area is 388 Å². The zero-order chi connectivity index (χ0) is 50.0. The van der Waals surface area contributed by atoms with E-state index in [4.69, 9.17) is 47.0 Å². The van der Waals surface area contributed by atoms with Crippen molar-refractivity contribution in [3.63, 3.8) is 0 Å². The van der Waals surface area contributed by atoms with Crippen LogP contribution in [-0.4, -0.2) is 199 Å². The number of aliphatic hydroxyl groups is 10. The van der Waals surface area contributed by atoms with E-state index in [0.29, 0.717) is 5.56 Å². The highest BCUT2D eigenvalue weighted by Gasteiger charge is 2.52. The van der Waals surface area contributed by atoms with Gasteiger partial charge in [-0.15, -0.1) is 0 Å². The summed E-state index contributed by atoms with van der Waals surface area (Å²) in [4.78, 5) is 27.2. The maximum absolute atomic E-state index is 14.6. The molecule has 15 atom stereocenters. The van der Waals surface area contributed by atoms with Gasteiger partial charge in [0.05, 0.1) is 27.4 Å². The number of esters is 1. The van der Waals surface area contributed by atoms with Gasteiger partial charge in [0.15, 0.2) is 41.2 Å². The van der Waals surface area contributed by atoms with Gasteiger partial charge in [0.1, 0.15) is 96.2 Å². The molecule has 13 N–H and O–H groups in total. The number of hydrogen-bond acceptors (Lipinski definition) is 25. The van der Waals surface area contributed by atoms with E-state index in [1.165, 1.54) is 50.6 Å². The van der Waals surface area contributed by atoms with Crippen molar-refractivity contribution in [2.45, 2.75) is 92.1 Å². The number of ether oxygens (including phenoxy) is 9. The lowest BCUT2D eigenvalue weighted by molar-refractivity contribution is -0.358. The Morgan fingerprint density at radius 3 is 1.87 bits per heavy atom. The molecule has 376 valence electrons. The molecule has 0 unspecified atom stereocenters. The molecule has 3 fully saturated rings. The number of carbonyl (C=O) groups is 1. The Balaban J connectivity index is 1.20.